The summed E-state index contributed by atoms with van der Waals surface area (Å²) in [4.78, 5) is 4.16. The standard InChI is InChI=1S/C13H19N3O/c1-3-4-5-6-12(16-14)9-11-7-8-13(17-2)15-10-11/h7-8,10,12,16H,5-6,9,14H2,1-2H3. The molecule has 1 atom stereocenters. The van der Waals surface area contributed by atoms with Crippen molar-refractivity contribution in [3.05, 3.63) is 23.9 Å². The van der Waals surface area contributed by atoms with Gasteiger partial charge in [-0.3, -0.25) is 11.3 Å². The van der Waals surface area contributed by atoms with Crippen LogP contribution in [-0.4, -0.2) is 18.1 Å². The van der Waals surface area contributed by atoms with E-state index in [2.05, 4.69) is 22.3 Å². The number of hydrogen-bond donors (Lipinski definition) is 2. The SMILES string of the molecule is CC#CCCC(Cc1ccc(OC)nc1)NN. The third kappa shape index (κ3) is 4.85. The number of nitrogens with one attached hydrogen (secondary N) is 1. The summed E-state index contributed by atoms with van der Waals surface area (Å²) in [7, 11) is 1.61. The van der Waals surface area contributed by atoms with Gasteiger partial charge in [0.05, 0.1) is 7.11 Å². The zero-order valence-corrected chi connectivity index (χ0v) is 10.4. The van der Waals surface area contributed by atoms with Crippen LogP contribution in [0.2, 0.25) is 0 Å². The molecule has 0 amide bonds. The molecule has 1 unspecified atom stereocenters. The van der Waals surface area contributed by atoms with E-state index < -0.39 is 0 Å². The monoisotopic (exact) mass is 233 g/mol. The summed E-state index contributed by atoms with van der Waals surface area (Å²) >= 11 is 0. The number of hydrazine groups is 1. The molecular weight excluding hydrogens is 214 g/mol. The largest absolute Gasteiger partial charge is 0.481 e. The van der Waals surface area contributed by atoms with Gasteiger partial charge in [0.1, 0.15) is 0 Å². The Morgan fingerprint density at radius 3 is 2.88 bits per heavy atom. The first-order valence-corrected chi connectivity index (χ1v) is 5.64. The molecule has 0 aromatic carbocycles. The minimum atomic E-state index is 0.228. The van der Waals surface area contributed by atoms with E-state index in [-0.39, 0.29) is 6.04 Å². The van der Waals surface area contributed by atoms with Gasteiger partial charge in [-0.05, 0) is 25.3 Å². The van der Waals surface area contributed by atoms with E-state index in [1.165, 1.54) is 0 Å². The van der Waals surface area contributed by atoms with Crippen LogP contribution < -0.4 is 16.0 Å². The lowest BCUT2D eigenvalue weighted by Gasteiger charge is -2.14. The van der Waals surface area contributed by atoms with E-state index in [1.54, 1.807) is 7.11 Å². The van der Waals surface area contributed by atoms with E-state index in [4.69, 9.17) is 10.6 Å². The van der Waals surface area contributed by atoms with Gasteiger partial charge in [0.15, 0.2) is 0 Å². The zero-order chi connectivity index (χ0) is 12.5. The van der Waals surface area contributed by atoms with Gasteiger partial charge in [0.25, 0.3) is 0 Å². The van der Waals surface area contributed by atoms with Crippen LogP contribution in [-0.2, 0) is 6.42 Å². The van der Waals surface area contributed by atoms with Crippen molar-refractivity contribution in [2.45, 2.75) is 32.2 Å². The molecule has 4 nitrogen and oxygen atoms in total. The molecule has 92 valence electrons. The number of methoxy groups -OCH3 is 1. The van der Waals surface area contributed by atoms with Crippen LogP contribution in [0.1, 0.15) is 25.3 Å². The number of rotatable bonds is 6. The first-order valence-electron chi connectivity index (χ1n) is 5.64. The van der Waals surface area contributed by atoms with Crippen LogP contribution in [0.25, 0.3) is 0 Å². The molecule has 0 spiro atoms. The average molecular weight is 233 g/mol. The van der Waals surface area contributed by atoms with Crippen molar-refractivity contribution in [1.29, 1.82) is 0 Å². The summed E-state index contributed by atoms with van der Waals surface area (Å²) in [6.45, 7) is 1.85. The lowest BCUT2D eigenvalue weighted by molar-refractivity contribution is 0.397. The highest BCUT2D eigenvalue weighted by molar-refractivity contribution is 5.18. The van der Waals surface area contributed by atoms with Crippen molar-refractivity contribution in [1.82, 2.24) is 10.4 Å². The van der Waals surface area contributed by atoms with Crippen LogP contribution in [0, 0.1) is 11.8 Å². The van der Waals surface area contributed by atoms with Crippen molar-refractivity contribution in [2.75, 3.05) is 7.11 Å². The van der Waals surface area contributed by atoms with Gasteiger partial charge in [-0.1, -0.05) is 6.07 Å². The van der Waals surface area contributed by atoms with Crippen molar-refractivity contribution in [2.24, 2.45) is 5.84 Å². The number of pyridine rings is 1. The van der Waals surface area contributed by atoms with Crippen molar-refractivity contribution in [3.63, 3.8) is 0 Å². The molecule has 1 rings (SSSR count). The predicted molar refractivity (Wildman–Crippen MR) is 68.3 cm³/mol. The Balaban J connectivity index is 2.50. The van der Waals surface area contributed by atoms with Crippen molar-refractivity contribution >= 4 is 0 Å². The molecule has 0 bridgehead atoms. The molecule has 0 aliphatic rings. The molecule has 3 N–H and O–H groups in total. The molecule has 1 aromatic rings. The molecule has 1 aromatic heterocycles. The maximum Gasteiger partial charge on any atom is 0.212 e. The van der Waals surface area contributed by atoms with Gasteiger partial charge in [-0.2, -0.15) is 0 Å². The van der Waals surface area contributed by atoms with E-state index >= 15 is 0 Å². The second-order valence-corrected chi connectivity index (χ2v) is 3.74. The smallest absolute Gasteiger partial charge is 0.212 e. The Kier molecular flexibility index (Phi) is 6.08. The van der Waals surface area contributed by atoms with Gasteiger partial charge in [-0.15, -0.1) is 11.8 Å². The molecule has 0 aliphatic carbocycles. The van der Waals surface area contributed by atoms with Crippen LogP contribution in [0.3, 0.4) is 0 Å². The maximum atomic E-state index is 5.52. The second kappa shape index (κ2) is 7.66. The quantitative estimate of drug-likeness (QED) is 0.441. The van der Waals surface area contributed by atoms with E-state index in [0.717, 1.165) is 24.8 Å². The van der Waals surface area contributed by atoms with E-state index in [1.807, 2.05) is 25.3 Å². The number of hydrogen-bond acceptors (Lipinski definition) is 4. The molecule has 4 heteroatoms. The summed E-state index contributed by atoms with van der Waals surface area (Å²) in [5, 5.41) is 0. The van der Waals surface area contributed by atoms with Gasteiger partial charge in [0, 0.05) is 24.7 Å². The van der Waals surface area contributed by atoms with E-state index in [9.17, 15) is 0 Å². The lowest BCUT2D eigenvalue weighted by Crippen LogP contribution is -2.36. The summed E-state index contributed by atoms with van der Waals surface area (Å²) in [6, 6.07) is 4.09. The number of ether oxygens (including phenoxy) is 1. The van der Waals surface area contributed by atoms with Crippen LogP contribution in [0.15, 0.2) is 18.3 Å². The number of aromatic nitrogens is 1. The molecule has 0 radical (unpaired) electrons. The second-order valence-electron chi connectivity index (χ2n) is 3.74. The minimum Gasteiger partial charge on any atom is -0.481 e. The van der Waals surface area contributed by atoms with Crippen LogP contribution >= 0.6 is 0 Å². The molecule has 0 saturated carbocycles. The molecule has 0 fully saturated rings. The summed E-state index contributed by atoms with van der Waals surface area (Å²) in [5.74, 6) is 12.1. The highest BCUT2D eigenvalue weighted by Gasteiger charge is 2.07. The zero-order valence-electron chi connectivity index (χ0n) is 10.4. The van der Waals surface area contributed by atoms with Crippen LogP contribution in [0.4, 0.5) is 0 Å². The fourth-order valence-electron chi connectivity index (χ4n) is 1.55. The summed E-state index contributed by atoms with van der Waals surface area (Å²) in [6.07, 6.45) is 4.45. The normalized spacial score (nSPS) is 11.5. The molecule has 17 heavy (non-hydrogen) atoms. The first-order chi connectivity index (χ1) is 8.30. The molecule has 0 saturated heterocycles. The fourth-order valence-corrected chi connectivity index (χ4v) is 1.55. The minimum absolute atomic E-state index is 0.228. The lowest BCUT2D eigenvalue weighted by atomic mass is 10.0. The molecule has 1 heterocycles. The van der Waals surface area contributed by atoms with Gasteiger partial charge >= 0.3 is 0 Å². The Bertz CT molecular complexity index is 378. The summed E-state index contributed by atoms with van der Waals surface area (Å²) in [5.41, 5.74) is 3.95. The first kappa shape index (κ1) is 13.5. The molecule has 0 aliphatic heterocycles. The third-order valence-electron chi connectivity index (χ3n) is 2.52. The Hall–Kier alpha value is -1.57. The third-order valence-corrected chi connectivity index (χ3v) is 2.52. The Morgan fingerprint density at radius 1 is 1.53 bits per heavy atom. The van der Waals surface area contributed by atoms with E-state index in [0.29, 0.717) is 5.88 Å². The Morgan fingerprint density at radius 2 is 2.35 bits per heavy atom. The highest BCUT2D eigenvalue weighted by atomic mass is 16.5. The topological polar surface area (TPSA) is 60.2 Å². The van der Waals surface area contributed by atoms with Gasteiger partial charge < -0.3 is 4.74 Å². The van der Waals surface area contributed by atoms with Crippen molar-refractivity contribution in [3.8, 4) is 17.7 Å². The average Bonchev–Trinajstić information content (AvgIpc) is 2.38. The summed E-state index contributed by atoms with van der Waals surface area (Å²) < 4.78 is 5.01. The number of nitrogens with two attached hydrogens (primary N) is 1. The van der Waals surface area contributed by atoms with Gasteiger partial charge in [0.2, 0.25) is 5.88 Å². The molecular formula is C13H19N3O. The maximum absolute atomic E-state index is 5.52. The number of nitrogens with zero attached hydrogens (tertiary/aromatic N) is 1. The van der Waals surface area contributed by atoms with Crippen LogP contribution in [0.5, 0.6) is 5.88 Å². The highest BCUT2D eigenvalue weighted by Crippen LogP contribution is 2.10. The predicted octanol–water partition coefficient (Wildman–Crippen LogP) is 1.27. The van der Waals surface area contributed by atoms with Gasteiger partial charge in [-0.25, -0.2) is 4.98 Å². The fraction of sp³-hybridized carbons (Fsp3) is 0.462. The van der Waals surface area contributed by atoms with Crippen molar-refractivity contribution < 1.29 is 4.74 Å². The Labute approximate surface area is 103 Å².